The number of amides is 1. The molecule has 4 aromatic rings. The Hall–Kier alpha value is -4.57. The highest BCUT2D eigenvalue weighted by Gasteiger charge is 2.16. The van der Waals surface area contributed by atoms with Crippen LogP contribution in [0.25, 0.3) is 11.3 Å². The van der Waals surface area contributed by atoms with E-state index in [9.17, 15) is 14.4 Å². The Labute approximate surface area is 197 Å². The van der Waals surface area contributed by atoms with Crippen molar-refractivity contribution in [3.63, 3.8) is 0 Å². The number of anilines is 1. The van der Waals surface area contributed by atoms with E-state index >= 15 is 0 Å². The van der Waals surface area contributed by atoms with Crippen molar-refractivity contribution < 1.29 is 9.18 Å². The number of rotatable bonds is 8. The number of halogens is 1. The minimum absolute atomic E-state index is 0.279. The third kappa shape index (κ3) is 5.61. The van der Waals surface area contributed by atoms with Crippen molar-refractivity contribution in [1.82, 2.24) is 15.3 Å². The molecule has 0 aliphatic carbocycles. The maximum absolute atomic E-state index is 13.5. The van der Waals surface area contributed by atoms with Gasteiger partial charge in [-0.05, 0) is 54.4 Å². The Bertz CT molecular complexity index is 1330. The molecule has 4 rings (SSSR count). The van der Waals surface area contributed by atoms with E-state index in [2.05, 4.69) is 26.7 Å². The van der Waals surface area contributed by atoms with E-state index in [4.69, 9.17) is 0 Å². The van der Waals surface area contributed by atoms with Crippen LogP contribution in [0.5, 0.6) is 0 Å². The standard InChI is InChI=1S/C27H22FN5O/c28-21-8-5-6-19(16-21)13-15-31-26-24(27(34)32-18-22-9-3-4-14-30-22)11-12-25(33-26)23-10-2-1-7-20(23)17-29/h1-12,14,16H,13,15,18H2,(H,31,33)(H,32,34). The van der Waals surface area contributed by atoms with Gasteiger partial charge in [-0.15, -0.1) is 0 Å². The molecule has 0 saturated heterocycles. The summed E-state index contributed by atoms with van der Waals surface area (Å²) in [6.07, 6.45) is 2.22. The predicted molar refractivity (Wildman–Crippen MR) is 128 cm³/mol. The molecule has 0 fully saturated rings. The highest BCUT2D eigenvalue weighted by atomic mass is 19.1. The summed E-state index contributed by atoms with van der Waals surface area (Å²) in [6.45, 7) is 0.724. The summed E-state index contributed by atoms with van der Waals surface area (Å²) in [6, 6.07) is 24.7. The number of benzene rings is 2. The van der Waals surface area contributed by atoms with Crippen molar-refractivity contribution in [1.29, 1.82) is 5.26 Å². The number of carbonyl (C=O) groups is 1. The quantitative estimate of drug-likeness (QED) is 0.404. The summed E-state index contributed by atoms with van der Waals surface area (Å²) in [4.78, 5) is 21.9. The minimum atomic E-state index is -0.300. The minimum Gasteiger partial charge on any atom is -0.369 e. The van der Waals surface area contributed by atoms with E-state index in [0.717, 1.165) is 11.3 Å². The van der Waals surface area contributed by atoms with Gasteiger partial charge in [-0.1, -0.05) is 36.4 Å². The van der Waals surface area contributed by atoms with Crippen LogP contribution >= 0.6 is 0 Å². The lowest BCUT2D eigenvalue weighted by molar-refractivity contribution is 0.0951. The summed E-state index contributed by atoms with van der Waals surface area (Å²) in [5.74, 6) is -0.202. The van der Waals surface area contributed by atoms with Gasteiger partial charge in [-0.25, -0.2) is 9.37 Å². The van der Waals surface area contributed by atoms with Gasteiger partial charge >= 0.3 is 0 Å². The van der Waals surface area contributed by atoms with Crippen LogP contribution in [0, 0.1) is 17.1 Å². The van der Waals surface area contributed by atoms with Crippen LogP contribution in [0.15, 0.2) is 85.1 Å². The molecular formula is C27H22FN5O. The normalized spacial score (nSPS) is 10.4. The Balaban J connectivity index is 1.58. The van der Waals surface area contributed by atoms with E-state index in [-0.39, 0.29) is 18.3 Å². The molecule has 2 heterocycles. The van der Waals surface area contributed by atoms with Gasteiger partial charge in [0.05, 0.1) is 35.1 Å². The summed E-state index contributed by atoms with van der Waals surface area (Å²) in [5, 5.41) is 15.6. The first kappa shape index (κ1) is 22.6. The second-order valence-electron chi connectivity index (χ2n) is 7.56. The fourth-order valence-electron chi connectivity index (χ4n) is 3.52. The number of aromatic nitrogens is 2. The molecule has 0 radical (unpaired) electrons. The maximum Gasteiger partial charge on any atom is 0.255 e. The third-order valence-corrected chi connectivity index (χ3v) is 5.21. The Morgan fingerprint density at radius 1 is 1.00 bits per heavy atom. The third-order valence-electron chi connectivity index (χ3n) is 5.21. The van der Waals surface area contributed by atoms with Gasteiger partial charge in [0.25, 0.3) is 5.91 Å². The fraction of sp³-hybridized carbons (Fsp3) is 0.111. The first-order valence-corrected chi connectivity index (χ1v) is 10.8. The Morgan fingerprint density at radius 2 is 1.85 bits per heavy atom. The average Bonchev–Trinajstić information content (AvgIpc) is 2.88. The largest absolute Gasteiger partial charge is 0.369 e. The molecule has 0 aliphatic rings. The molecule has 0 atom stereocenters. The number of carbonyl (C=O) groups excluding carboxylic acids is 1. The van der Waals surface area contributed by atoms with E-state index in [1.165, 1.54) is 12.1 Å². The number of hydrogen-bond acceptors (Lipinski definition) is 5. The van der Waals surface area contributed by atoms with Crippen LogP contribution in [0.3, 0.4) is 0 Å². The van der Waals surface area contributed by atoms with Crippen molar-refractivity contribution >= 4 is 11.7 Å². The number of hydrogen-bond donors (Lipinski definition) is 2. The second kappa shape index (κ2) is 10.8. The van der Waals surface area contributed by atoms with Crippen molar-refractivity contribution in [3.8, 4) is 17.3 Å². The van der Waals surface area contributed by atoms with Crippen molar-refractivity contribution in [2.45, 2.75) is 13.0 Å². The molecule has 34 heavy (non-hydrogen) atoms. The van der Waals surface area contributed by atoms with Crippen LogP contribution in [-0.4, -0.2) is 22.4 Å². The zero-order valence-electron chi connectivity index (χ0n) is 18.3. The highest BCUT2D eigenvalue weighted by molar-refractivity contribution is 5.99. The predicted octanol–water partition coefficient (Wildman–Crippen LogP) is 4.74. The average molecular weight is 452 g/mol. The van der Waals surface area contributed by atoms with Crippen LogP contribution in [-0.2, 0) is 13.0 Å². The maximum atomic E-state index is 13.5. The lowest BCUT2D eigenvalue weighted by Crippen LogP contribution is -2.25. The van der Waals surface area contributed by atoms with Gasteiger partial charge in [0.1, 0.15) is 11.6 Å². The van der Waals surface area contributed by atoms with Crippen molar-refractivity contribution in [2.24, 2.45) is 0 Å². The van der Waals surface area contributed by atoms with Gasteiger partial charge < -0.3 is 10.6 Å². The molecule has 2 aromatic carbocycles. The Kier molecular flexibility index (Phi) is 7.21. The molecule has 7 heteroatoms. The van der Waals surface area contributed by atoms with Crippen LogP contribution in [0.2, 0.25) is 0 Å². The van der Waals surface area contributed by atoms with Gasteiger partial charge in [-0.2, -0.15) is 5.26 Å². The van der Waals surface area contributed by atoms with E-state index in [0.29, 0.717) is 41.2 Å². The monoisotopic (exact) mass is 451 g/mol. The van der Waals surface area contributed by atoms with Crippen LogP contribution in [0.4, 0.5) is 10.2 Å². The molecular weight excluding hydrogens is 429 g/mol. The fourth-order valence-corrected chi connectivity index (χ4v) is 3.52. The molecule has 1 amide bonds. The van der Waals surface area contributed by atoms with Gasteiger partial charge in [0, 0.05) is 18.3 Å². The molecule has 2 aromatic heterocycles. The Morgan fingerprint density at radius 3 is 2.65 bits per heavy atom. The zero-order chi connectivity index (χ0) is 23.8. The molecule has 2 N–H and O–H groups in total. The summed E-state index contributed by atoms with van der Waals surface area (Å²) in [5.41, 5.74) is 3.69. The second-order valence-corrected chi connectivity index (χ2v) is 7.56. The number of nitriles is 1. The zero-order valence-corrected chi connectivity index (χ0v) is 18.3. The molecule has 0 bridgehead atoms. The highest BCUT2D eigenvalue weighted by Crippen LogP contribution is 2.25. The van der Waals surface area contributed by atoms with Crippen molar-refractivity contribution in [3.05, 3.63) is 113 Å². The number of nitrogens with zero attached hydrogens (tertiary/aromatic N) is 3. The summed E-state index contributed by atoms with van der Waals surface area (Å²) >= 11 is 0. The summed E-state index contributed by atoms with van der Waals surface area (Å²) in [7, 11) is 0. The smallest absolute Gasteiger partial charge is 0.255 e. The first-order valence-electron chi connectivity index (χ1n) is 10.8. The number of pyridine rings is 2. The number of nitrogens with one attached hydrogen (secondary N) is 2. The first-order chi connectivity index (χ1) is 16.6. The van der Waals surface area contributed by atoms with Crippen LogP contribution in [0.1, 0.15) is 27.2 Å². The van der Waals surface area contributed by atoms with E-state index in [1.807, 2.05) is 36.4 Å². The molecule has 6 nitrogen and oxygen atoms in total. The topological polar surface area (TPSA) is 90.7 Å². The molecule has 0 saturated carbocycles. The summed E-state index contributed by atoms with van der Waals surface area (Å²) < 4.78 is 13.5. The van der Waals surface area contributed by atoms with Gasteiger partial charge in [0.2, 0.25) is 0 Å². The van der Waals surface area contributed by atoms with Gasteiger partial charge in [0.15, 0.2) is 0 Å². The van der Waals surface area contributed by atoms with E-state index in [1.54, 1.807) is 36.5 Å². The van der Waals surface area contributed by atoms with Gasteiger partial charge in [-0.3, -0.25) is 9.78 Å². The molecule has 0 aliphatic heterocycles. The molecule has 0 unspecified atom stereocenters. The molecule has 168 valence electrons. The lowest BCUT2D eigenvalue weighted by Gasteiger charge is -2.14. The van der Waals surface area contributed by atoms with Crippen LogP contribution < -0.4 is 10.6 Å². The van der Waals surface area contributed by atoms with E-state index < -0.39 is 0 Å². The lowest BCUT2D eigenvalue weighted by atomic mass is 10.0. The molecule has 0 spiro atoms. The van der Waals surface area contributed by atoms with Crippen molar-refractivity contribution in [2.75, 3.05) is 11.9 Å². The SMILES string of the molecule is N#Cc1ccccc1-c1ccc(C(=O)NCc2ccccn2)c(NCCc2cccc(F)c2)n1.